The Labute approximate surface area is 142 Å². The number of hydrogen-bond acceptors (Lipinski definition) is 3. The second-order valence-corrected chi connectivity index (χ2v) is 5.41. The molecule has 0 saturated carbocycles. The van der Waals surface area contributed by atoms with E-state index in [9.17, 15) is 22.4 Å². The molecule has 0 aromatic heterocycles. The SMILES string of the molecule is COC(=O)C(F)(F)Cl.FC(F)Oc1ccc2cc(Br)ccc2c1. The fraction of sp³-hybridized carbons (Fsp3) is 0.214. The molecule has 0 saturated heterocycles. The maximum absolute atomic E-state index is 12.0. The third kappa shape index (κ3) is 6.62. The summed E-state index contributed by atoms with van der Waals surface area (Å²) in [5, 5.41) is -2.03. The number of hydrogen-bond donors (Lipinski definition) is 0. The Morgan fingerprint density at radius 3 is 2.22 bits per heavy atom. The van der Waals surface area contributed by atoms with Gasteiger partial charge in [-0.05, 0) is 46.6 Å². The lowest BCUT2D eigenvalue weighted by atomic mass is 10.1. The van der Waals surface area contributed by atoms with Crippen LogP contribution in [0.1, 0.15) is 0 Å². The second-order valence-electron chi connectivity index (χ2n) is 4.02. The quantitative estimate of drug-likeness (QED) is 0.391. The third-order valence-electron chi connectivity index (χ3n) is 2.42. The molecule has 3 nitrogen and oxygen atoms in total. The number of carbonyl (C=O) groups is 1. The highest BCUT2D eigenvalue weighted by Gasteiger charge is 2.36. The van der Waals surface area contributed by atoms with Crippen LogP contribution in [-0.4, -0.2) is 25.1 Å². The zero-order valence-electron chi connectivity index (χ0n) is 11.5. The van der Waals surface area contributed by atoms with Gasteiger partial charge in [-0.25, -0.2) is 4.79 Å². The van der Waals surface area contributed by atoms with Crippen LogP contribution in [0.2, 0.25) is 0 Å². The summed E-state index contributed by atoms with van der Waals surface area (Å²) in [6.07, 6.45) is 0. The van der Waals surface area contributed by atoms with Gasteiger partial charge in [0, 0.05) is 4.47 Å². The van der Waals surface area contributed by atoms with Crippen molar-refractivity contribution in [1.29, 1.82) is 0 Å². The Morgan fingerprint density at radius 2 is 1.74 bits per heavy atom. The molecule has 0 atom stereocenters. The Balaban J connectivity index is 0.000000284. The van der Waals surface area contributed by atoms with Crippen molar-refractivity contribution < 1.29 is 31.8 Å². The van der Waals surface area contributed by atoms with Gasteiger partial charge < -0.3 is 9.47 Å². The van der Waals surface area contributed by atoms with Gasteiger partial charge in [-0.2, -0.15) is 17.6 Å². The van der Waals surface area contributed by atoms with Crippen LogP contribution in [0.25, 0.3) is 10.8 Å². The molecule has 2 rings (SSSR count). The summed E-state index contributed by atoms with van der Waals surface area (Å²) >= 11 is 7.52. The van der Waals surface area contributed by atoms with E-state index in [0.29, 0.717) is 0 Å². The van der Waals surface area contributed by atoms with Crippen LogP contribution < -0.4 is 4.74 Å². The third-order valence-corrected chi connectivity index (χ3v) is 3.06. The van der Waals surface area contributed by atoms with Gasteiger partial charge in [-0.1, -0.05) is 28.1 Å². The molecule has 9 heteroatoms. The lowest BCUT2D eigenvalue weighted by molar-refractivity contribution is -0.157. The predicted molar refractivity (Wildman–Crippen MR) is 81.1 cm³/mol. The van der Waals surface area contributed by atoms with Gasteiger partial charge in [0.05, 0.1) is 7.11 Å². The molecule has 23 heavy (non-hydrogen) atoms. The Kier molecular flexibility index (Phi) is 7.08. The Hall–Kier alpha value is -1.54. The van der Waals surface area contributed by atoms with E-state index in [1.807, 2.05) is 18.2 Å². The molecule has 0 aliphatic rings. The zero-order valence-corrected chi connectivity index (χ0v) is 13.9. The first-order valence-corrected chi connectivity index (χ1v) is 7.10. The van der Waals surface area contributed by atoms with Gasteiger partial charge in [-0.3, -0.25) is 0 Å². The number of methoxy groups -OCH3 is 1. The molecule has 2 aromatic carbocycles. The zero-order chi connectivity index (χ0) is 17.6. The van der Waals surface area contributed by atoms with E-state index >= 15 is 0 Å². The summed E-state index contributed by atoms with van der Waals surface area (Å²) in [5.74, 6) is -1.56. The number of alkyl halides is 5. The first-order chi connectivity index (χ1) is 10.6. The highest BCUT2D eigenvalue weighted by Crippen LogP contribution is 2.24. The highest BCUT2D eigenvalue weighted by atomic mass is 79.9. The standard InChI is InChI=1S/C11H7BrF2O.C3H3ClF2O2/c12-9-3-1-8-6-10(15-11(13)14)4-2-7(8)5-9;1-8-2(7)3(4,5)6/h1-6,11H;1H3. The first kappa shape index (κ1) is 19.5. The first-order valence-electron chi connectivity index (χ1n) is 5.92. The largest absolute Gasteiger partial charge is 0.464 e. The van der Waals surface area contributed by atoms with Gasteiger partial charge in [0.15, 0.2) is 0 Å². The predicted octanol–water partition coefficient (Wildman–Crippen LogP) is 5.19. The van der Waals surface area contributed by atoms with Gasteiger partial charge >= 0.3 is 18.0 Å². The summed E-state index contributed by atoms with van der Waals surface area (Å²) in [6, 6.07) is 10.5. The smallest absolute Gasteiger partial charge is 0.417 e. The maximum atomic E-state index is 12.0. The van der Waals surface area contributed by atoms with Gasteiger partial charge in [0.25, 0.3) is 0 Å². The molecule has 0 spiro atoms. The van der Waals surface area contributed by atoms with Crippen LogP contribution in [0.15, 0.2) is 40.9 Å². The van der Waals surface area contributed by atoms with E-state index in [1.165, 1.54) is 6.07 Å². The summed E-state index contributed by atoms with van der Waals surface area (Å²) < 4.78 is 55.6. The molecule has 0 heterocycles. The molecule has 0 N–H and O–H groups in total. The lowest BCUT2D eigenvalue weighted by Crippen LogP contribution is -2.22. The summed E-state index contributed by atoms with van der Waals surface area (Å²) in [6.45, 7) is -2.78. The van der Waals surface area contributed by atoms with E-state index < -0.39 is 18.0 Å². The number of halogens is 6. The molecule has 2 aromatic rings. The minimum Gasteiger partial charge on any atom is -0.464 e. The molecule has 126 valence electrons. The van der Waals surface area contributed by atoms with Crippen molar-refractivity contribution in [3.8, 4) is 5.75 Å². The molecule has 0 radical (unpaired) electrons. The fourth-order valence-electron chi connectivity index (χ4n) is 1.49. The van der Waals surface area contributed by atoms with Crippen molar-refractivity contribution in [1.82, 2.24) is 0 Å². The number of rotatable bonds is 3. The average molecular weight is 418 g/mol. The molecule has 0 bridgehead atoms. The Bertz CT molecular complexity index is 677. The topological polar surface area (TPSA) is 35.5 Å². The van der Waals surface area contributed by atoms with E-state index in [4.69, 9.17) is 0 Å². The Morgan fingerprint density at radius 1 is 1.17 bits per heavy atom. The summed E-state index contributed by atoms with van der Waals surface area (Å²) in [5.41, 5.74) is 0. The van der Waals surface area contributed by atoms with E-state index in [-0.39, 0.29) is 5.75 Å². The average Bonchev–Trinajstić information content (AvgIpc) is 2.45. The monoisotopic (exact) mass is 416 g/mol. The number of fused-ring (bicyclic) bond motifs is 1. The number of benzene rings is 2. The molecule has 0 aliphatic carbocycles. The van der Waals surface area contributed by atoms with Crippen LogP contribution in [0.3, 0.4) is 0 Å². The van der Waals surface area contributed by atoms with E-state index in [1.54, 1.807) is 12.1 Å². The molecular formula is C14H10BrClF4O3. The number of ether oxygens (including phenoxy) is 2. The second kappa shape index (κ2) is 8.35. The van der Waals surface area contributed by atoms with Gasteiger partial charge in [0.2, 0.25) is 0 Å². The van der Waals surface area contributed by atoms with Crippen molar-refractivity contribution in [3.63, 3.8) is 0 Å². The molecule has 0 fully saturated rings. The summed E-state index contributed by atoms with van der Waals surface area (Å²) in [7, 11) is 0.832. The minimum absolute atomic E-state index is 0.180. The van der Waals surface area contributed by atoms with Crippen LogP contribution in [0.4, 0.5) is 17.6 Å². The van der Waals surface area contributed by atoms with Crippen LogP contribution in [0, 0.1) is 0 Å². The van der Waals surface area contributed by atoms with Crippen molar-refractivity contribution >= 4 is 44.3 Å². The molecule has 0 aliphatic heterocycles. The van der Waals surface area contributed by atoms with Crippen LogP contribution in [0.5, 0.6) is 5.75 Å². The number of carbonyl (C=O) groups excluding carboxylic acids is 1. The van der Waals surface area contributed by atoms with Crippen molar-refractivity contribution in [2.24, 2.45) is 0 Å². The van der Waals surface area contributed by atoms with Crippen LogP contribution >= 0.6 is 27.5 Å². The molecule has 0 amide bonds. The van der Waals surface area contributed by atoms with E-state index in [0.717, 1.165) is 22.4 Å². The van der Waals surface area contributed by atoms with E-state index in [2.05, 4.69) is 37.0 Å². The summed E-state index contributed by atoms with van der Waals surface area (Å²) in [4.78, 5) is 9.73. The maximum Gasteiger partial charge on any atom is 0.417 e. The van der Waals surface area contributed by atoms with Crippen molar-refractivity contribution in [2.45, 2.75) is 12.0 Å². The molecular weight excluding hydrogens is 408 g/mol. The van der Waals surface area contributed by atoms with Crippen molar-refractivity contribution in [3.05, 3.63) is 40.9 Å². The van der Waals surface area contributed by atoms with Crippen molar-refractivity contribution in [2.75, 3.05) is 7.11 Å². The van der Waals surface area contributed by atoms with Gasteiger partial charge in [0.1, 0.15) is 5.75 Å². The minimum atomic E-state index is -3.88. The molecule has 0 unspecified atom stereocenters. The fourth-order valence-corrected chi connectivity index (χ4v) is 1.94. The van der Waals surface area contributed by atoms with Gasteiger partial charge in [-0.15, -0.1) is 0 Å². The number of esters is 1. The van der Waals surface area contributed by atoms with Crippen LogP contribution in [-0.2, 0) is 9.53 Å². The highest BCUT2D eigenvalue weighted by molar-refractivity contribution is 9.10. The lowest BCUT2D eigenvalue weighted by Gasteiger charge is -2.05. The normalized spacial score (nSPS) is 11.0.